The molecule has 1 saturated heterocycles. The molecule has 0 aromatic rings. The summed E-state index contributed by atoms with van der Waals surface area (Å²) in [5, 5.41) is 20.8. The summed E-state index contributed by atoms with van der Waals surface area (Å²) >= 11 is 0. The smallest absolute Gasteiger partial charge is 0.0863 e. The maximum absolute atomic E-state index is 11.1. The van der Waals surface area contributed by atoms with Crippen LogP contribution in [0.15, 0.2) is 0 Å². The molecule has 1 heterocycles. The van der Waals surface area contributed by atoms with Crippen molar-refractivity contribution in [3.8, 4) is 6.07 Å². The fourth-order valence-corrected chi connectivity index (χ4v) is 3.86. The van der Waals surface area contributed by atoms with Crippen LogP contribution < -0.4 is 0 Å². The Kier molecular flexibility index (Phi) is 3.99. The van der Waals surface area contributed by atoms with Crippen LogP contribution >= 0.6 is 0 Å². The summed E-state index contributed by atoms with van der Waals surface area (Å²) in [7, 11) is 2.11. The molecule has 0 aromatic heterocycles. The van der Waals surface area contributed by atoms with Gasteiger partial charge in [0.25, 0.3) is 0 Å². The zero-order chi connectivity index (χ0) is 13.2. The van der Waals surface area contributed by atoms with Gasteiger partial charge in [0.1, 0.15) is 0 Å². The Labute approximate surface area is 111 Å². The van der Waals surface area contributed by atoms with Gasteiger partial charge >= 0.3 is 0 Å². The van der Waals surface area contributed by atoms with Crippen LogP contribution in [0.4, 0.5) is 0 Å². The zero-order valence-corrected chi connectivity index (χ0v) is 11.8. The van der Waals surface area contributed by atoms with Crippen molar-refractivity contribution < 1.29 is 5.11 Å². The second-order valence-electron chi connectivity index (χ2n) is 6.40. The Morgan fingerprint density at radius 3 is 2.72 bits per heavy atom. The molecular formula is C15H26N2O. The summed E-state index contributed by atoms with van der Waals surface area (Å²) < 4.78 is 0. The van der Waals surface area contributed by atoms with Gasteiger partial charge in [0.05, 0.1) is 17.1 Å². The summed E-state index contributed by atoms with van der Waals surface area (Å²) in [4.78, 5) is 2.27. The van der Waals surface area contributed by atoms with Gasteiger partial charge in [-0.15, -0.1) is 0 Å². The van der Waals surface area contributed by atoms with Crippen molar-refractivity contribution in [1.82, 2.24) is 4.90 Å². The highest BCUT2D eigenvalue weighted by molar-refractivity contribution is 5.15. The molecule has 3 nitrogen and oxygen atoms in total. The van der Waals surface area contributed by atoms with Gasteiger partial charge in [0.15, 0.2) is 0 Å². The largest absolute Gasteiger partial charge is 0.388 e. The molecule has 0 aromatic carbocycles. The molecule has 3 heteroatoms. The average Bonchev–Trinajstić information content (AvgIpc) is 2.74. The molecule has 2 aliphatic rings. The lowest BCUT2D eigenvalue weighted by Crippen LogP contribution is -2.46. The average molecular weight is 250 g/mol. The molecule has 1 saturated carbocycles. The molecular weight excluding hydrogens is 224 g/mol. The molecule has 0 radical (unpaired) electrons. The standard InChI is InChI=1S/C15H26N2O/c1-3-13-5-7-14(11-13,12-16)15(18)6-4-9-17(2)10-8-15/h13,18H,3-11H2,1-2H3. The topological polar surface area (TPSA) is 47.3 Å². The Morgan fingerprint density at radius 2 is 2.11 bits per heavy atom. The van der Waals surface area contributed by atoms with Gasteiger partial charge in [0.2, 0.25) is 0 Å². The van der Waals surface area contributed by atoms with E-state index in [1.807, 2.05) is 0 Å². The number of aliphatic hydroxyl groups is 1. The molecule has 1 aliphatic carbocycles. The highest BCUT2D eigenvalue weighted by Crippen LogP contribution is 2.52. The first-order valence-electron chi connectivity index (χ1n) is 7.37. The third-order valence-corrected chi connectivity index (χ3v) is 5.34. The van der Waals surface area contributed by atoms with Gasteiger partial charge in [-0.3, -0.25) is 0 Å². The molecule has 102 valence electrons. The van der Waals surface area contributed by atoms with Crippen molar-refractivity contribution in [2.24, 2.45) is 11.3 Å². The van der Waals surface area contributed by atoms with Gasteiger partial charge in [-0.1, -0.05) is 13.3 Å². The van der Waals surface area contributed by atoms with Crippen molar-refractivity contribution in [3.05, 3.63) is 0 Å². The van der Waals surface area contributed by atoms with Crippen molar-refractivity contribution in [3.63, 3.8) is 0 Å². The van der Waals surface area contributed by atoms with E-state index >= 15 is 0 Å². The number of nitrogens with zero attached hydrogens (tertiary/aromatic N) is 2. The fourth-order valence-electron chi connectivity index (χ4n) is 3.86. The van der Waals surface area contributed by atoms with Gasteiger partial charge < -0.3 is 10.0 Å². The van der Waals surface area contributed by atoms with Crippen LogP contribution in [0, 0.1) is 22.7 Å². The number of hydrogen-bond donors (Lipinski definition) is 1. The van der Waals surface area contributed by atoms with Crippen LogP contribution in [-0.4, -0.2) is 35.7 Å². The summed E-state index contributed by atoms with van der Waals surface area (Å²) in [5.41, 5.74) is -1.23. The lowest BCUT2D eigenvalue weighted by atomic mass is 9.67. The minimum atomic E-state index is -0.754. The molecule has 1 N–H and O–H groups in total. The Morgan fingerprint density at radius 1 is 1.33 bits per heavy atom. The second kappa shape index (κ2) is 5.19. The van der Waals surface area contributed by atoms with E-state index in [1.54, 1.807) is 0 Å². The first-order valence-corrected chi connectivity index (χ1v) is 7.37. The Balaban J connectivity index is 2.19. The first-order chi connectivity index (χ1) is 8.55. The van der Waals surface area contributed by atoms with Gasteiger partial charge in [-0.05, 0) is 58.0 Å². The highest BCUT2D eigenvalue weighted by atomic mass is 16.3. The van der Waals surface area contributed by atoms with E-state index in [-0.39, 0.29) is 0 Å². The van der Waals surface area contributed by atoms with Crippen LogP contribution in [0.25, 0.3) is 0 Å². The van der Waals surface area contributed by atoms with Gasteiger partial charge in [-0.2, -0.15) is 5.26 Å². The summed E-state index contributed by atoms with van der Waals surface area (Å²) in [6.07, 6.45) is 6.60. The monoisotopic (exact) mass is 250 g/mol. The van der Waals surface area contributed by atoms with Crippen LogP contribution in [0.5, 0.6) is 0 Å². The predicted octanol–water partition coefficient (Wildman–Crippen LogP) is 2.55. The van der Waals surface area contributed by atoms with Crippen molar-refractivity contribution in [2.75, 3.05) is 20.1 Å². The summed E-state index contributed by atoms with van der Waals surface area (Å²) in [6, 6.07) is 2.53. The lowest BCUT2D eigenvalue weighted by Gasteiger charge is -2.40. The zero-order valence-electron chi connectivity index (χ0n) is 11.8. The lowest BCUT2D eigenvalue weighted by molar-refractivity contribution is -0.0654. The van der Waals surface area contributed by atoms with E-state index in [0.29, 0.717) is 5.92 Å². The predicted molar refractivity (Wildman–Crippen MR) is 72.0 cm³/mol. The number of hydrogen-bond acceptors (Lipinski definition) is 3. The minimum Gasteiger partial charge on any atom is -0.388 e. The molecule has 1 aliphatic heterocycles. The SMILES string of the molecule is CCC1CCC(C#N)(C2(O)CCCN(C)CC2)C1. The van der Waals surface area contributed by atoms with E-state index < -0.39 is 11.0 Å². The maximum Gasteiger partial charge on any atom is 0.0863 e. The molecule has 2 rings (SSSR count). The van der Waals surface area contributed by atoms with Crippen LogP contribution in [0.1, 0.15) is 51.9 Å². The van der Waals surface area contributed by atoms with Crippen LogP contribution in [0.3, 0.4) is 0 Å². The molecule has 0 bridgehead atoms. The quantitative estimate of drug-likeness (QED) is 0.819. The summed E-state index contributed by atoms with van der Waals surface area (Å²) in [6.45, 7) is 4.15. The van der Waals surface area contributed by atoms with Crippen molar-refractivity contribution in [2.45, 2.75) is 57.5 Å². The number of nitriles is 1. The van der Waals surface area contributed by atoms with Gasteiger partial charge in [-0.25, -0.2) is 0 Å². The third-order valence-electron chi connectivity index (χ3n) is 5.34. The third kappa shape index (κ3) is 2.29. The maximum atomic E-state index is 11.1. The first kappa shape index (κ1) is 13.8. The van der Waals surface area contributed by atoms with Gasteiger partial charge in [0, 0.05) is 6.54 Å². The molecule has 3 atom stereocenters. The number of likely N-dealkylation sites (tertiary alicyclic amines) is 1. The van der Waals surface area contributed by atoms with Crippen LogP contribution in [0.2, 0.25) is 0 Å². The Hall–Kier alpha value is -0.590. The summed E-state index contributed by atoms with van der Waals surface area (Å²) in [5.74, 6) is 0.634. The van der Waals surface area contributed by atoms with Crippen molar-refractivity contribution in [1.29, 1.82) is 5.26 Å². The minimum absolute atomic E-state index is 0.473. The van der Waals surface area contributed by atoms with Crippen molar-refractivity contribution >= 4 is 0 Å². The fraction of sp³-hybridized carbons (Fsp3) is 0.933. The molecule has 0 spiro atoms. The van der Waals surface area contributed by atoms with E-state index in [0.717, 1.165) is 58.0 Å². The van der Waals surface area contributed by atoms with E-state index in [2.05, 4.69) is 24.9 Å². The normalized spacial score (nSPS) is 42.4. The second-order valence-corrected chi connectivity index (χ2v) is 6.40. The van der Waals surface area contributed by atoms with E-state index in [9.17, 15) is 10.4 Å². The molecule has 3 unspecified atom stereocenters. The van der Waals surface area contributed by atoms with E-state index in [1.165, 1.54) is 0 Å². The molecule has 2 fully saturated rings. The van der Waals surface area contributed by atoms with Crippen LogP contribution in [-0.2, 0) is 0 Å². The number of rotatable bonds is 2. The van der Waals surface area contributed by atoms with E-state index in [4.69, 9.17) is 0 Å². The molecule has 0 amide bonds. The molecule has 18 heavy (non-hydrogen) atoms. The highest BCUT2D eigenvalue weighted by Gasteiger charge is 2.54. The Bertz CT molecular complexity index is 338.